The molecule has 0 unspecified atom stereocenters. The van der Waals surface area contributed by atoms with Gasteiger partial charge in [-0.1, -0.05) is 17.7 Å². The molecule has 1 amide bonds. The molecule has 0 radical (unpaired) electrons. The minimum absolute atomic E-state index is 0.0153. The van der Waals surface area contributed by atoms with E-state index in [-0.39, 0.29) is 12.0 Å². The van der Waals surface area contributed by atoms with E-state index >= 15 is 0 Å². The SMILES string of the molecule is O=C(c1cccc(Cl)c1)N1CCC[C@@H](Oc2ccncn2)C1. The first-order chi connectivity index (χ1) is 10.7. The molecule has 1 aromatic heterocycles. The molecule has 1 fully saturated rings. The zero-order valence-electron chi connectivity index (χ0n) is 12.0. The molecule has 2 heterocycles. The fraction of sp³-hybridized carbons (Fsp3) is 0.312. The van der Waals surface area contributed by atoms with Crippen LogP contribution in [0.4, 0.5) is 0 Å². The van der Waals surface area contributed by atoms with Crippen molar-refractivity contribution < 1.29 is 9.53 Å². The van der Waals surface area contributed by atoms with E-state index in [1.54, 1.807) is 41.4 Å². The third kappa shape index (κ3) is 3.54. The number of halogens is 1. The van der Waals surface area contributed by atoms with E-state index in [2.05, 4.69) is 9.97 Å². The van der Waals surface area contributed by atoms with Gasteiger partial charge in [-0.3, -0.25) is 4.79 Å². The first-order valence-electron chi connectivity index (χ1n) is 7.20. The molecule has 22 heavy (non-hydrogen) atoms. The van der Waals surface area contributed by atoms with Gasteiger partial charge in [0.25, 0.3) is 5.91 Å². The average Bonchev–Trinajstić information content (AvgIpc) is 2.55. The molecule has 1 saturated heterocycles. The Morgan fingerprint density at radius 3 is 3.05 bits per heavy atom. The summed E-state index contributed by atoms with van der Waals surface area (Å²) in [5.74, 6) is 0.524. The number of rotatable bonds is 3. The number of hydrogen-bond acceptors (Lipinski definition) is 4. The first-order valence-corrected chi connectivity index (χ1v) is 7.58. The fourth-order valence-electron chi connectivity index (χ4n) is 2.54. The highest BCUT2D eigenvalue weighted by atomic mass is 35.5. The van der Waals surface area contributed by atoms with Gasteiger partial charge >= 0.3 is 0 Å². The monoisotopic (exact) mass is 317 g/mol. The van der Waals surface area contributed by atoms with Gasteiger partial charge in [0.2, 0.25) is 5.88 Å². The summed E-state index contributed by atoms with van der Waals surface area (Å²) in [4.78, 5) is 22.3. The third-order valence-electron chi connectivity index (χ3n) is 3.58. The molecule has 3 rings (SSSR count). The van der Waals surface area contributed by atoms with Gasteiger partial charge in [-0.2, -0.15) is 0 Å². The molecular weight excluding hydrogens is 302 g/mol. The number of carbonyl (C=O) groups is 1. The minimum Gasteiger partial charge on any atom is -0.472 e. The van der Waals surface area contributed by atoms with Crippen molar-refractivity contribution in [3.05, 3.63) is 53.4 Å². The molecule has 0 N–H and O–H groups in total. The Morgan fingerprint density at radius 1 is 1.36 bits per heavy atom. The molecule has 1 aliphatic heterocycles. The Bertz CT molecular complexity index is 651. The predicted molar refractivity (Wildman–Crippen MR) is 83.0 cm³/mol. The van der Waals surface area contributed by atoms with Crippen LogP contribution in [0, 0.1) is 0 Å². The molecule has 6 heteroatoms. The van der Waals surface area contributed by atoms with Gasteiger partial charge in [0.05, 0.1) is 6.54 Å². The molecule has 1 atom stereocenters. The summed E-state index contributed by atoms with van der Waals surface area (Å²) in [6, 6.07) is 8.74. The van der Waals surface area contributed by atoms with Crippen LogP contribution in [0.15, 0.2) is 42.9 Å². The van der Waals surface area contributed by atoms with Crippen molar-refractivity contribution in [2.24, 2.45) is 0 Å². The Balaban J connectivity index is 1.66. The lowest BCUT2D eigenvalue weighted by Crippen LogP contribution is -2.44. The van der Waals surface area contributed by atoms with Crippen LogP contribution in [0.25, 0.3) is 0 Å². The number of piperidine rings is 1. The van der Waals surface area contributed by atoms with E-state index in [0.29, 0.717) is 23.0 Å². The van der Waals surface area contributed by atoms with Gasteiger partial charge in [-0.25, -0.2) is 9.97 Å². The Morgan fingerprint density at radius 2 is 2.27 bits per heavy atom. The molecule has 0 aliphatic carbocycles. The molecule has 0 bridgehead atoms. The van der Waals surface area contributed by atoms with E-state index in [0.717, 1.165) is 19.4 Å². The Hall–Kier alpha value is -2.14. The molecule has 0 saturated carbocycles. The first kappa shape index (κ1) is 14.8. The quantitative estimate of drug-likeness (QED) is 0.873. The zero-order valence-corrected chi connectivity index (χ0v) is 12.7. The van der Waals surface area contributed by atoms with Crippen molar-refractivity contribution >= 4 is 17.5 Å². The molecular formula is C16H16ClN3O2. The van der Waals surface area contributed by atoms with E-state index < -0.39 is 0 Å². The number of aromatic nitrogens is 2. The minimum atomic E-state index is -0.0493. The van der Waals surface area contributed by atoms with Crippen LogP contribution in [0.3, 0.4) is 0 Å². The van der Waals surface area contributed by atoms with Crippen LogP contribution in [-0.2, 0) is 0 Å². The van der Waals surface area contributed by atoms with E-state index in [1.807, 2.05) is 0 Å². The molecule has 1 aliphatic rings. The third-order valence-corrected chi connectivity index (χ3v) is 3.81. The number of likely N-dealkylation sites (tertiary alicyclic amines) is 1. The van der Waals surface area contributed by atoms with Crippen LogP contribution in [0.5, 0.6) is 5.88 Å². The fourth-order valence-corrected chi connectivity index (χ4v) is 2.73. The maximum absolute atomic E-state index is 12.5. The van der Waals surface area contributed by atoms with Crippen molar-refractivity contribution in [1.82, 2.24) is 14.9 Å². The maximum Gasteiger partial charge on any atom is 0.254 e. The van der Waals surface area contributed by atoms with Crippen molar-refractivity contribution in [3.8, 4) is 5.88 Å². The molecule has 114 valence electrons. The summed E-state index contributed by atoms with van der Waals surface area (Å²) in [6.45, 7) is 1.28. The van der Waals surface area contributed by atoms with Gasteiger partial charge in [0.1, 0.15) is 12.4 Å². The average molecular weight is 318 g/mol. The highest BCUT2D eigenvalue weighted by molar-refractivity contribution is 6.30. The van der Waals surface area contributed by atoms with E-state index in [4.69, 9.17) is 16.3 Å². The number of benzene rings is 1. The molecule has 0 spiro atoms. The molecule has 2 aromatic rings. The van der Waals surface area contributed by atoms with Gasteiger partial charge < -0.3 is 9.64 Å². The van der Waals surface area contributed by atoms with Crippen molar-refractivity contribution in [3.63, 3.8) is 0 Å². The number of hydrogen-bond donors (Lipinski definition) is 0. The van der Waals surface area contributed by atoms with Crippen LogP contribution in [-0.4, -0.2) is 40.0 Å². The number of amides is 1. The van der Waals surface area contributed by atoms with Gasteiger partial charge in [0, 0.05) is 29.4 Å². The lowest BCUT2D eigenvalue weighted by Gasteiger charge is -2.32. The van der Waals surface area contributed by atoms with Crippen LogP contribution in [0.2, 0.25) is 5.02 Å². The summed E-state index contributed by atoms with van der Waals surface area (Å²) in [5, 5.41) is 0.566. The van der Waals surface area contributed by atoms with E-state index in [9.17, 15) is 4.79 Å². The second-order valence-corrected chi connectivity index (χ2v) is 5.63. The lowest BCUT2D eigenvalue weighted by molar-refractivity contribution is 0.0527. The van der Waals surface area contributed by atoms with Crippen LogP contribution in [0.1, 0.15) is 23.2 Å². The van der Waals surface area contributed by atoms with Crippen LogP contribution < -0.4 is 4.74 Å². The standard InChI is InChI=1S/C16H16ClN3O2/c17-13-4-1-3-12(9-13)16(21)20-8-2-5-14(10-20)22-15-6-7-18-11-19-15/h1,3-4,6-7,9,11,14H,2,5,8,10H2/t14-/m1/s1. The number of ether oxygens (including phenoxy) is 1. The summed E-state index contributed by atoms with van der Waals surface area (Å²) in [6.07, 6.45) is 4.85. The smallest absolute Gasteiger partial charge is 0.254 e. The Kier molecular flexibility index (Phi) is 4.53. The highest BCUT2D eigenvalue weighted by Crippen LogP contribution is 2.19. The molecule has 1 aromatic carbocycles. The largest absolute Gasteiger partial charge is 0.472 e. The highest BCUT2D eigenvalue weighted by Gasteiger charge is 2.26. The van der Waals surface area contributed by atoms with Gasteiger partial charge in [-0.05, 0) is 31.0 Å². The molecule has 5 nitrogen and oxygen atoms in total. The Labute approximate surface area is 133 Å². The summed E-state index contributed by atoms with van der Waals surface area (Å²) < 4.78 is 5.82. The maximum atomic E-state index is 12.5. The normalized spacial score (nSPS) is 18.0. The number of carbonyl (C=O) groups excluding carboxylic acids is 1. The predicted octanol–water partition coefficient (Wildman–Crippen LogP) is 2.81. The van der Waals surface area contributed by atoms with Gasteiger partial charge in [0.15, 0.2) is 0 Å². The van der Waals surface area contributed by atoms with Crippen molar-refractivity contribution in [2.75, 3.05) is 13.1 Å². The van der Waals surface area contributed by atoms with Crippen LogP contribution >= 0.6 is 11.6 Å². The lowest BCUT2D eigenvalue weighted by atomic mass is 10.1. The summed E-state index contributed by atoms with van der Waals surface area (Å²) in [7, 11) is 0. The number of nitrogens with zero attached hydrogens (tertiary/aromatic N) is 3. The zero-order chi connectivity index (χ0) is 15.4. The van der Waals surface area contributed by atoms with Gasteiger partial charge in [-0.15, -0.1) is 0 Å². The second-order valence-electron chi connectivity index (χ2n) is 5.19. The van der Waals surface area contributed by atoms with Crippen molar-refractivity contribution in [2.45, 2.75) is 18.9 Å². The summed E-state index contributed by atoms with van der Waals surface area (Å²) >= 11 is 5.95. The van der Waals surface area contributed by atoms with E-state index in [1.165, 1.54) is 6.33 Å². The summed E-state index contributed by atoms with van der Waals surface area (Å²) in [5.41, 5.74) is 0.607. The van der Waals surface area contributed by atoms with Crippen molar-refractivity contribution in [1.29, 1.82) is 0 Å². The second kappa shape index (κ2) is 6.75. The topological polar surface area (TPSA) is 55.3 Å².